The van der Waals surface area contributed by atoms with Crippen LogP contribution in [0, 0.1) is 0 Å². The molecule has 0 fully saturated rings. The minimum atomic E-state index is -2.74. The third-order valence-corrected chi connectivity index (χ3v) is 16.4. The van der Waals surface area contributed by atoms with E-state index in [1.807, 2.05) is 72.8 Å². The van der Waals surface area contributed by atoms with E-state index in [4.69, 9.17) is 0 Å². The molecule has 30 heavy (non-hydrogen) atoms. The Morgan fingerprint density at radius 1 is 0.600 bits per heavy atom. The average Bonchev–Trinajstić information content (AvgIpc) is 2.80. The maximum absolute atomic E-state index is 10.5. The normalized spacial score (nSPS) is 11.9. The molecule has 4 aromatic rings. The number of benzene rings is 4. The molecule has 0 saturated carbocycles. The van der Waals surface area contributed by atoms with Crippen molar-refractivity contribution in [2.75, 3.05) is 0 Å². The molecule has 0 amide bonds. The van der Waals surface area contributed by atoms with Crippen molar-refractivity contribution < 1.29 is 10.2 Å². The summed E-state index contributed by atoms with van der Waals surface area (Å²) in [6, 6.07) is 32.2. The van der Waals surface area contributed by atoms with Crippen LogP contribution < -0.4 is 7.22 Å². The molecule has 0 radical (unpaired) electrons. The number of hydrogen-bond acceptors (Lipinski definition) is 2. The van der Waals surface area contributed by atoms with Gasteiger partial charge in [0.05, 0.1) is 0 Å². The van der Waals surface area contributed by atoms with Crippen LogP contribution in [0.3, 0.4) is 0 Å². The van der Waals surface area contributed by atoms with Crippen LogP contribution in [0.4, 0.5) is 0 Å². The Balaban J connectivity index is 1.84. The van der Waals surface area contributed by atoms with Crippen LogP contribution in [-0.4, -0.2) is 28.4 Å². The number of phenolic OH excluding ortho intramolecular Hbond substituents is 2. The Kier molecular flexibility index (Phi) is 5.86. The summed E-state index contributed by atoms with van der Waals surface area (Å²) in [5.41, 5.74) is 3.80. The van der Waals surface area contributed by atoms with Crippen molar-refractivity contribution in [3.8, 4) is 33.8 Å². The predicted octanol–water partition coefficient (Wildman–Crippen LogP) is 5.64. The van der Waals surface area contributed by atoms with E-state index < -0.39 is 18.2 Å². The zero-order valence-corrected chi connectivity index (χ0v) is 19.6. The molecule has 0 unspecified atom stereocenters. The molecule has 2 nitrogen and oxygen atoms in total. The summed E-state index contributed by atoms with van der Waals surface area (Å²) in [5.74, 6) is 0.615. The average molecular weight is 510 g/mol. The zero-order valence-electron chi connectivity index (χ0n) is 17.2. The third kappa shape index (κ3) is 3.84. The number of aromatic hydroxyl groups is 2. The van der Waals surface area contributed by atoms with E-state index in [-0.39, 0.29) is 0 Å². The number of hydrogen-bond donors (Lipinski definition) is 2. The first-order valence-electron chi connectivity index (χ1n) is 10.1. The van der Waals surface area contributed by atoms with Gasteiger partial charge in [-0.2, -0.15) is 0 Å². The Bertz CT molecular complexity index is 1070. The van der Waals surface area contributed by atoms with Crippen molar-refractivity contribution in [3.05, 3.63) is 97.1 Å². The van der Waals surface area contributed by atoms with Crippen molar-refractivity contribution in [2.24, 2.45) is 0 Å². The molecule has 0 bridgehead atoms. The predicted molar refractivity (Wildman–Crippen MR) is 128 cm³/mol. The van der Waals surface area contributed by atoms with E-state index in [1.54, 1.807) is 0 Å². The van der Waals surface area contributed by atoms with Crippen LogP contribution in [0.5, 0.6) is 11.5 Å². The van der Waals surface area contributed by atoms with Crippen molar-refractivity contribution in [1.29, 1.82) is 0 Å². The summed E-state index contributed by atoms with van der Waals surface area (Å²) < 4.78 is 3.71. The van der Waals surface area contributed by atoms with E-state index in [0.717, 1.165) is 26.7 Å². The third-order valence-electron chi connectivity index (χ3n) is 5.72. The minimum absolute atomic E-state index is 0.307. The summed E-state index contributed by atoms with van der Waals surface area (Å²) in [5, 5.41) is 21.0. The Hall–Kier alpha value is -2.73. The van der Waals surface area contributed by atoms with Crippen molar-refractivity contribution >= 4 is 25.4 Å². The molecule has 4 aromatic carbocycles. The van der Waals surface area contributed by atoms with Gasteiger partial charge in [-0.3, -0.25) is 0 Å². The van der Waals surface area contributed by atoms with E-state index in [9.17, 15) is 10.2 Å². The quantitative estimate of drug-likeness (QED) is 0.341. The van der Waals surface area contributed by atoms with Crippen molar-refractivity contribution in [3.63, 3.8) is 0 Å². The first kappa shape index (κ1) is 20.5. The van der Waals surface area contributed by atoms with E-state index >= 15 is 0 Å². The molecule has 0 aliphatic heterocycles. The fourth-order valence-electron chi connectivity index (χ4n) is 3.76. The van der Waals surface area contributed by atoms with Crippen molar-refractivity contribution in [2.45, 2.75) is 16.4 Å². The molecule has 2 N–H and O–H groups in total. The molecule has 0 spiro atoms. The van der Waals surface area contributed by atoms with Gasteiger partial charge in [0.2, 0.25) is 0 Å². The van der Waals surface area contributed by atoms with Crippen LogP contribution in [0.2, 0.25) is 9.44 Å². The monoisotopic (exact) mass is 512 g/mol. The van der Waals surface area contributed by atoms with Gasteiger partial charge < -0.3 is 0 Å². The molecular formula is C27H26O2Te. The zero-order chi connectivity index (χ0) is 21.1. The Labute approximate surface area is 182 Å². The number of rotatable bonds is 5. The van der Waals surface area contributed by atoms with Crippen molar-refractivity contribution in [1.82, 2.24) is 0 Å². The van der Waals surface area contributed by atoms with Crippen LogP contribution >= 0.6 is 0 Å². The van der Waals surface area contributed by atoms with Gasteiger partial charge in [-0.25, -0.2) is 0 Å². The molecule has 0 atom stereocenters. The fraction of sp³-hybridized carbons (Fsp3) is 0.111. The number of phenols is 2. The molecule has 0 aromatic heterocycles. The fourth-order valence-corrected chi connectivity index (χ4v) is 10.7. The van der Waals surface area contributed by atoms with Gasteiger partial charge in [-0.1, -0.05) is 0 Å². The van der Waals surface area contributed by atoms with Gasteiger partial charge in [0.1, 0.15) is 0 Å². The first-order chi connectivity index (χ1) is 14.5. The van der Waals surface area contributed by atoms with Crippen LogP contribution in [-0.2, 0) is 0 Å². The molecule has 0 saturated heterocycles. The summed E-state index contributed by atoms with van der Waals surface area (Å²) in [6.07, 6.45) is 0. The summed E-state index contributed by atoms with van der Waals surface area (Å²) >= 11 is -2.74. The first-order valence-corrected chi connectivity index (χ1v) is 16.4. The van der Waals surface area contributed by atoms with Gasteiger partial charge >= 0.3 is 183 Å². The van der Waals surface area contributed by atoms with Crippen LogP contribution in [0.15, 0.2) is 97.1 Å². The molecule has 0 heterocycles. The van der Waals surface area contributed by atoms with Crippen LogP contribution in [0.1, 0.15) is 6.92 Å². The standard InChI is InChI=1S/C27H26O2Te/c1-3-30(2,22-14-16-26(28)24(18-22)20-10-6-4-7-11-20)23-15-17-27(29)25(19-23)21-12-8-5-9-13-21/h4-19,28-29H,3H2,1-2H3. The van der Waals surface area contributed by atoms with Gasteiger partial charge in [0, 0.05) is 0 Å². The van der Waals surface area contributed by atoms with Gasteiger partial charge in [0.25, 0.3) is 0 Å². The molecular weight excluding hydrogens is 484 g/mol. The molecule has 4 rings (SSSR count). The topological polar surface area (TPSA) is 40.5 Å². The molecule has 3 heteroatoms. The van der Waals surface area contributed by atoms with E-state index in [0.29, 0.717) is 11.5 Å². The Morgan fingerprint density at radius 2 is 1.00 bits per heavy atom. The summed E-state index contributed by atoms with van der Waals surface area (Å²) in [4.78, 5) is 2.41. The van der Waals surface area contributed by atoms with E-state index in [2.05, 4.69) is 36.2 Å². The van der Waals surface area contributed by atoms with Gasteiger partial charge in [-0.05, 0) is 0 Å². The van der Waals surface area contributed by atoms with E-state index in [1.165, 1.54) is 7.22 Å². The van der Waals surface area contributed by atoms with Gasteiger partial charge in [0.15, 0.2) is 0 Å². The van der Waals surface area contributed by atoms with Gasteiger partial charge in [-0.15, -0.1) is 0 Å². The Morgan fingerprint density at radius 3 is 1.37 bits per heavy atom. The summed E-state index contributed by atoms with van der Waals surface area (Å²) in [7, 11) is 0. The second kappa shape index (κ2) is 8.56. The molecule has 0 aliphatic rings. The SMILES string of the molecule is CC[Te](C)(c1ccc(O)c(-c2ccccc2)c1)c1ccc(O)c(-c2ccccc2)c1. The second-order valence-corrected chi connectivity index (χ2v) is 18.0. The maximum atomic E-state index is 10.5. The summed E-state index contributed by atoms with van der Waals surface area (Å²) in [6.45, 7) is 2.26. The molecule has 0 aliphatic carbocycles. The second-order valence-electron chi connectivity index (χ2n) is 7.47. The van der Waals surface area contributed by atoms with Crippen LogP contribution in [0.25, 0.3) is 22.3 Å². The molecule has 152 valence electrons.